The molecular formula is C10H21BN2O3. The van der Waals surface area contributed by atoms with Crippen molar-refractivity contribution in [2.45, 2.75) is 31.5 Å². The predicted molar refractivity (Wildman–Crippen MR) is 62.8 cm³/mol. The molecule has 1 unspecified atom stereocenters. The first-order valence-electron chi connectivity index (χ1n) is 5.78. The van der Waals surface area contributed by atoms with Crippen molar-refractivity contribution in [1.82, 2.24) is 5.06 Å². The lowest BCUT2D eigenvalue weighted by Crippen LogP contribution is -2.34. The fraction of sp³-hybridized carbons (Fsp3) is 0.900. The number of rotatable bonds is 7. The van der Waals surface area contributed by atoms with Crippen LogP contribution in [-0.2, 0) is 14.3 Å². The number of hydrogen-bond donors (Lipinski definition) is 1. The highest BCUT2D eigenvalue weighted by Gasteiger charge is 2.29. The summed E-state index contributed by atoms with van der Waals surface area (Å²) >= 11 is 0. The lowest BCUT2D eigenvalue weighted by molar-refractivity contribution is -0.169. The molecule has 0 saturated heterocycles. The monoisotopic (exact) mass is 228 g/mol. The molecule has 1 amide bonds. The molecule has 16 heavy (non-hydrogen) atoms. The van der Waals surface area contributed by atoms with Crippen molar-refractivity contribution in [3.8, 4) is 0 Å². The maximum atomic E-state index is 11.9. The quantitative estimate of drug-likeness (QED) is 0.386. The van der Waals surface area contributed by atoms with Crippen LogP contribution in [0, 0.1) is 5.92 Å². The lowest BCUT2D eigenvalue weighted by atomic mass is 9.69. The molecule has 5 nitrogen and oxygen atoms in total. The number of amides is 1. The number of carbonyl (C=O) groups is 1. The molecule has 0 heterocycles. The molecule has 0 radical (unpaired) electrons. The van der Waals surface area contributed by atoms with E-state index in [1.54, 1.807) is 7.05 Å². The summed E-state index contributed by atoms with van der Waals surface area (Å²) in [5, 5.41) is 1.27. The zero-order valence-electron chi connectivity index (χ0n) is 10.1. The first-order chi connectivity index (χ1) is 7.69. The van der Waals surface area contributed by atoms with Crippen molar-refractivity contribution in [3.63, 3.8) is 0 Å². The molecule has 1 saturated carbocycles. The van der Waals surface area contributed by atoms with Gasteiger partial charge in [0.15, 0.2) is 0 Å². The zero-order chi connectivity index (χ0) is 12.0. The van der Waals surface area contributed by atoms with Gasteiger partial charge in [0.25, 0.3) is 7.48 Å². The average Bonchev–Trinajstić information content (AvgIpc) is 2.25. The van der Waals surface area contributed by atoms with E-state index in [2.05, 4.69) is 0 Å². The minimum Gasteiger partial charge on any atom is -0.427 e. The Morgan fingerprint density at radius 2 is 2.31 bits per heavy atom. The SMILES string of the molecule is CON(C)C(=O)C(BOCN)CC1CCC1. The molecule has 0 aromatic heterocycles. The first kappa shape index (κ1) is 13.5. The van der Waals surface area contributed by atoms with Gasteiger partial charge in [-0.1, -0.05) is 19.3 Å². The van der Waals surface area contributed by atoms with Crippen LogP contribution >= 0.6 is 0 Å². The molecule has 6 heteroatoms. The van der Waals surface area contributed by atoms with E-state index in [0.717, 1.165) is 6.42 Å². The number of nitrogens with two attached hydrogens (primary N) is 1. The molecule has 0 aliphatic heterocycles. The summed E-state index contributed by atoms with van der Waals surface area (Å²) in [7, 11) is 3.50. The van der Waals surface area contributed by atoms with E-state index in [9.17, 15) is 4.79 Å². The minimum atomic E-state index is -0.126. The van der Waals surface area contributed by atoms with Gasteiger partial charge in [0.05, 0.1) is 13.8 Å². The molecule has 1 aliphatic rings. The average molecular weight is 228 g/mol. The molecule has 1 aliphatic carbocycles. The van der Waals surface area contributed by atoms with E-state index < -0.39 is 0 Å². The van der Waals surface area contributed by atoms with E-state index >= 15 is 0 Å². The highest BCUT2D eigenvalue weighted by atomic mass is 16.7. The summed E-state index contributed by atoms with van der Waals surface area (Å²) in [5.41, 5.74) is 5.28. The summed E-state index contributed by atoms with van der Waals surface area (Å²) in [5.74, 6) is 0.516. The summed E-state index contributed by atoms with van der Waals surface area (Å²) < 4.78 is 5.16. The second-order valence-electron chi connectivity index (χ2n) is 4.29. The number of hydroxylamine groups is 2. The molecule has 0 spiro atoms. The summed E-state index contributed by atoms with van der Waals surface area (Å²) in [4.78, 5) is 16.8. The van der Waals surface area contributed by atoms with Gasteiger partial charge in [0, 0.05) is 12.9 Å². The van der Waals surface area contributed by atoms with Gasteiger partial charge in [-0.25, -0.2) is 5.06 Å². The third-order valence-corrected chi connectivity index (χ3v) is 3.21. The molecule has 92 valence electrons. The molecular weight excluding hydrogens is 207 g/mol. The van der Waals surface area contributed by atoms with E-state index in [-0.39, 0.29) is 18.5 Å². The van der Waals surface area contributed by atoms with Gasteiger partial charge in [-0.2, -0.15) is 0 Å². The highest BCUT2D eigenvalue weighted by Crippen LogP contribution is 2.34. The summed E-state index contributed by atoms with van der Waals surface area (Å²) in [6.07, 6.45) is 4.61. The molecule has 0 aromatic carbocycles. The van der Waals surface area contributed by atoms with Crippen LogP contribution in [0.25, 0.3) is 0 Å². The Morgan fingerprint density at radius 3 is 2.75 bits per heavy atom. The van der Waals surface area contributed by atoms with Crippen LogP contribution in [0.3, 0.4) is 0 Å². The topological polar surface area (TPSA) is 64.8 Å². The largest absolute Gasteiger partial charge is 0.427 e. The smallest absolute Gasteiger partial charge is 0.289 e. The van der Waals surface area contributed by atoms with Crippen molar-refractivity contribution >= 4 is 13.4 Å². The summed E-state index contributed by atoms with van der Waals surface area (Å²) in [6, 6.07) is 0. The van der Waals surface area contributed by atoms with Gasteiger partial charge in [-0.3, -0.25) is 9.63 Å². The van der Waals surface area contributed by atoms with Gasteiger partial charge in [0.2, 0.25) is 5.91 Å². The maximum Gasteiger partial charge on any atom is 0.289 e. The highest BCUT2D eigenvalue weighted by molar-refractivity contribution is 6.37. The van der Waals surface area contributed by atoms with Gasteiger partial charge in [-0.15, -0.1) is 0 Å². The number of hydrogen-bond acceptors (Lipinski definition) is 4. The van der Waals surface area contributed by atoms with E-state index in [4.69, 9.17) is 15.2 Å². The Bertz CT molecular complexity index is 224. The molecule has 1 rings (SSSR count). The Balaban J connectivity index is 2.43. The minimum absolute atomic E-state index is 0.0251. The molecule has 0 aromatic rings. The zero-order valence-corrected chi connectivity index (χ0v) is 10.1. The normalized spacial score (nSPS) is 17.7. The van der Waals surface area contributed by atoms with E-state index in [1.807, 2.05) is 0 Å². The maximum absolute atomic E-state index is 11.9. The van der Waals surface area contributed by atoms with Crippen molar-refractivity contribution < 1.29 is 14.3 Å². The van der Waals surface area contributed by atoms with Crippen molar-refractivity contribution in [1.29, 1.82) is 0 Å². The van der Waals surface area contributed by atoms with Crippen LogP contribution in [0.4, 0.5) is 0 Å². The van der Waals surface area contributed by atoms with Gasteiger partial charge in [-0.05, 0) is 12.3 Å². The van der Waals surface area contributed by atoms with Crippen LogP contribution in [-0.4, -0.2) is 39.3 Å². The second-order valence-corrected chi connectivity index (χ2v) is 4.29. The Morgan fingerprint density at radius 1 is 1.62 bits per heavy atom. The van der Waals surface area contributed by atoms with Gasteiger partial charge >= 0.3 is 0 Å². The predicted octanol–water partition coefficient (Wildman–Crippen LogP) is 0.269. The fourth-order valence-electron chi connectivity index (χ4n) is 1.93. The molecule has 0 bridgehead atoms. The number of nitrogens with zero attached hydrogens (tertiary/aromatic N) is 1. The summed E-state index contributed by atoms with van der Waals surface area (Å²) in [6.45, 7) is 0.158. The van der Waals surface area contributed by atoms with Crippen LogP contribution in [0.5, 0.6) is 0 Å². The van der Waals surface area contributed by atoms with Crippen molar-refractivity contribution in [2.24, 2.45) is 11.7 Å². The van der Waals surface area contributed by atoms with Crippen LogP contribution in [0.2, 0.25) is 5.82 Å². The van der Waals surface area contributed by atoms with Crippen molar-refractivity contribution in [3.05, 3.63) is 0 Å². The first-order valence-corrected chi connectivity index (χ1v) is 5.78. The lowest BCUT2D eigenvalue weighted by Gasteiger charge is -2.30. The van der Waals surface area contributed by atoms with Crippen molar-refractivity contribution in [2.75, 3.05) is 20.9 Å². The van der Waals surface area contributed by atoms with Gasteiger partial charge < -0.3 is 10.4 Å². The molecule has 2 N–H and O–H groups in total. The molecule has 1 fully saturated rings. The standard InChI is InChI=1S/C10H21BN2O3/c1-13(15-2)10(14)9(11-16-7-12)6-8-4-3-5-8/h8-9,11H,3-7,12H2,1-2H3. The Labute approximate surface area is 97.5 Å². The molecule has 1 atom stereocenters. The van der Waals surface area contributed by atoms with Gasteiger partial charge in [0.1, 0.15) is 0 Å². The fourth-order valence-corrected chi connectivity index (χ4v) is 1.93. The number of carbonyl (C=O) groups excluding carboxylic acids is 1. The second kappa shape index (κ2) is 6.88. The van der Waals surface area contributed by atoms with E-state index in [1.165, 1.54) is 31.4 Å². The van der Waals surface area contributed by atoms with E-state index in [0.29, 0.717) is 13.4 Å². The van der Waals surface area contributed by atoms with Crippen LogP contribution < -0.4 is 5.73 Å². The third kappa shape index (κ3) is 3.77. The Kier molecular flexibility index (Phi) is 5.80. The third-order valence-electron chi connectivity index (χ3n) is 3.21. The van der Waals surface area contributed by atoms with Crippen LogP contribution in [0.1, 0.15) is 25.7 Å². The van der Waals surface area contributed by atoms with Crippen LogP contribution in [0.15, 0.2) is 0 Å². The Hall–Kier alpha value is -0.585.